The van der Waals surface area contributed by atoms with E-state index in [1.54, 1.807) is 32.0 Å². The van der Waals surface area contributed by atoms with Crippen molar-refractivity contribution in [3.63, 3.8) is 0 Å². The van der Waals surface area contributed by atoms with Crippen LogP contribution >= 0.6 is 0 Å². The number of carbonyl (C=O) groups is 1. The van der Waals surface area contributed by atoms with E-state index in [1.165, 1.54) is 12.1 Å². The maximum absolute atomic E-state index is 13.5. The summed E-state index contributed by atoms with van der Waals surface area (Å²) >= 11 is 0. The van der Waals surface area contributed by atoms with Gasteiger partial charge in [-0.05, 0) is 44.5 Å². The first kappa shape index (κ1) is 17.6. The maximum atomic E-state index is 13.5. The zero-order valence-electron chi connectivity index (χ0n) is 14.5. The molecule has 0 radical (unpaired) electrons. The molecular weight excluding hydrogens is 339 g/mol. The summed E-state index contributed by atoms with van der Waals surface area (Å²) in [5, 5.41) is 11.7. The fraction of sp³-hybridized carbons (Fsp3) is 0.211. The Kier molecular flexibility index (Phi) is 4.46. The Morgan fingerprint density at radius 1 is 1.31 bits per heavy atom. The number of nitrogens with zero attached hydrogens (tertiary/aromatic N) is 1. The predicted octanol–water partition coefficient (Wildman–Crippen LogP) is 3.94. The van der Waals surface area contributed by atoms with E-state index in [0.29, 0.717) is 16.5 Å². The first-order valence-electron chi connectivity index (χ1n) is 7.98. The fourth-order valence-corrected chi connectivity index (χ4v) is 2.93. The molecule has 0 aliphatic carbocycles. The third kappa shape index (κ3) is 3.15. The van der Waals surface area contributed by atoms with Crippen LogP contribution in [0.1, 0.15) is 29.7 Å². The van der Waals surface area contributed by atoms with Gasteiger partial charge >= 0.3 is 6.09 Å². The summed E-state index contributed by atoms with van der Waals surface area (Å²) in [4.78, 5) is 27.6. The van der Waals surface area contributed by atoms with E-state index >= 15 is 0 Å². The summed E-state index contributed by atoms with van der Waals surface area (Å²) in [6.07, 6.45) is -1.19. The first-order valence-corrected chi connectivity index (χ1v) is 7.98. The van der Waals surface area contributed by atoms with Crippen LogP contribution in [-0.4, -0.2) is 16.2 Å². The lowest BCUT2D eigenvalue weighted by Crippen LogP contribution is -2.25. The molecule has 0 spiro atoms. The quantitative estimate of drug-likeness (QED) is 0.694. The van der Waals surface area contributed by atoms with Gasteiger partial charge < -0.3 is 14.8 Å². The molecule has 0 saturated heterocycles. The van der Waals surface area contributed by atoms with Crippen LogP contribution < -0.4 is 10.7 Å². The molecule has 7 heteroatoms. The van der Waals surface area contributed by atoms with Gasteiger partial charge in [-0.3, -0.25) is 4.79 Å². The van der Waals surface area contributed by atoms with Crippen LogP contribution in [0.15, 0.2) is 39.5 Å². The van der Waals surface area contributed by atoms with E-state index in [0.717, 1.165) is 5.56 Å². The van der Waals surface area contributed by atoms with Crippen LogP contribution in [0.25, 0.3) is 22.4 Å². The molecule has 1 amide bonds. The van der Waals surface area contributed by atoms with Gasteiger partial charge in [0.05, 0.1) is 11.4 Å². The van der Waals surface area contributed by atoms with Crippen LogP contribution in [0.4, 0.5) is 9.18 Å². The molecule has 26 heavy (non-hydrogen) atoms. The highest BCUT2D eigenvalue weighted by molar-refractivity contribution is 5.84. The second-order valence-electron chi connectivity index (χ2n) is 6.13. The van der Waals surface area contributed by atoms with Crippen molar-refractivity contribution >= 4 is 17.1 Å². The second-order valence-corrected chi connectivity index (χ2v) is 6.13. The van der Waals surface area contributed by atoms with E-state index in [9.17, 15) is 14.0 Å². The molecule has 0 saturated carbocycles. The number of halogens is 1. The molecule has 2 N–H and O–H groups in total. The Hall–Kier alpha value is -3.22. The van der Waals surface area contributed by atoms with Crippen LogP contribution in [0.2, 0.25) is 0 Å². The van der Waals surface area contributed by atoms with Gasteiger partial charge in [0, 0.05) is 11.1 Å². The van der Waals surface area contributed by atoms with Gasteiger partial charge in [0.1, 0.15) is 11.3 Å². The van der Waals surface area contributed by atoms with E-state index < -0.39 is 18.1 Å². The number of hydrogen-bond acceptors (Lipinski definition) is 4. The molecule has 3 rings (SSSR count). The summed E-state index contributed by atoms with van der Waals surface area (Å²) in [6.45, 7) is 5.06. The molecule has 0 fully saturated rings. The number of pyridine rings is 1. The first-order chi connectivity index (χ1) is 12.3. The number of aromatic nitrogens is 1. The molecule has 1 aromatic carbocycles. The number of nitrogens with one attached hydrogen (secondary N) is 1. The minimum Gasteiger partial charge on any atom is -0.465 e. The topological polar surface area (TPSA) is 92.4 Å². The number of rotatable bonds is 3. The molecule has 134 valence electrons. The normalized spacial score (nSPS) is 12.2. The van der Waals surface area contributed by atoms with Crippen LogP contribution in [0, 0.1) is 19.8 Å². The van der Waals surface area contributed by atoms with Gasteiger partial charge in [0.25, 0.3) is 0 Å². The van der Waals surface area contributed by atoms with Gasteiger partial charge in [0.15, 0.2) is 11.2 Å². The van der Waals surface area contributed by atoms with E-state index in [4.69, 9.17) is 9.52 Å². The summed E-state index contributed by atoms with van der Waals surface area (Å²) < 4.78 is 19.4. The number of amides is 1. The standard InChI is InChI=1S/C19H17FN2O4/c1-9-7-12(11(3)21-19(24)25)18-13(8-9)16(23)10(2)17(26-18)14-5-4-6-15(20)22-14/h4-8,11,21H,1-3H3,(H,24,25)/t11-/m1/s1. The molecule has 0 aliphatic rings. The molecule has 0 bridgehead atoms. The largest absolute Gasteiger partial charge is 0.465 e. The lowest BCUT2D eigenvalue weighted by Gasteiger charge is -2.16. The summed E-state index contributed by atoms with van der Waals surface area (Å²) in [5.41, 5.74) is 1.83. The molecule has 0 unspecified atom stereocenters. The Morgan fingerprint density at radius 3 is 2.69 bits per heavy atom. The number of hydrogen-bond donors (Lipinski definition) is 2. The lowest BCUT2D eigenvalue weighted by molar-refractivity contribution is 0.191. The molecule has 2 heterocycles. The van der Waals surface area contributed by atoms with Crippen molar-refractivity contribution in [1.29, 1.82) is 0 Å². The van der Waals surface area contributed by atoms with Crippen LogP contribution in [0.3, 0.4) is 0 Å². The van der Waals surface area contributed by atoms with Gasteiger partial charge in [-0.2, -0.15) is 4.39 Å². The fourth-order valence-electron chi connectivity index (χ4n) is 2.93. The van der Waals surface area contributed by atoms with Crippen LogP contribution in [-0.2, 0) is 0 Å². The minimum atomic E-state index is -1.19. The third-order valence-electron chi connectivity index (χ3n) is 4.15. The zero-order valence-corrected chi connectivity index (χ0v) is 14.5. The second kappa shape index (κ2) is 6.59. The van der Waals surface area contributed by atoms with Crippen molar-refractivity contribution in [3.8, 4) is 11.5 Å². The Balaban J connectivity index is 2.33. The van der Waals surface area contributed by atoms with Gasteiger partial charge in [-0.1, -0.05) is 12.1 Å². The van der Waals surface area contributed by atoms with E-state index in [-0.39, 0.29) is 22.5 Å². The monoisotopic (exact) mass is 356 g/mol. The highest BCUT2D eigenvalue weighted by Gasteiger charge is 2.20. The van der Waals surface area contributed by atoms with Gasteiger partial charge in [0.2, 0.25) is 5.95 Å². The Labute approximate surface area is 148 Å². The van der Waals surface area contributed by atoms with Crippen molar-refractivity contribution < 1.29 is 18.7 Å². The molecule has 3 aromatic rings. The zero-order chi connectivity index (χ0) is 19.0. The minimum absolute atomic E-state index is 0.162. The Morgan fingerprint density at radius 2 is 2.04 bits per heavy atom. The number of fused-ring (bicyclic) bond motifs is 1. The van der Waals surface area contributed by atoms with Crippen molar-refractivity contribution in [3.05, 3.63) is 63.2 Å². The average molecular weight is 356 g/mol. The highest BCUT2D eigenvalue weighted by Crippen LogP contribution is 2.30. The van der Waals surface area contributed by atoms with E-state index in [2.05, 4.69) is 10.3 Å². The van der Waals surface area contributed by atoms with E-state index in [1.807, 2.05) is 6.92 Å². The number of benzene rings is 1. The summed E-state index contributed by atoms with van der Waals surface area (Å²) in [5.74, 6) is -0.524. The number of aryl methyl sites for hydroxylation is 1. The maximum Gasteiger partial charge on any atom is 0.405 e. The van der Waals surface area contributed by atoms with Crippen molar-refractivity contribution in [2.75, 3.05) is 0 Å². The molecule has 6 nitrogen and oxygen atoms in total. The SMILES string of the molecule is Cc1cc([C@@H](C)NC(=O)O)c2oc(-c3cccc(F)n3)c(C)c(=O)c2c1. The molecule has 2 aromatic heterocycles. The lowest BCUT2D eigenvalue weighted by atomic mass is 10.00. The predicted molar refractivity (Wildman–Crippen MR) is 94.7 cm³/mol. The molecular formula is C19H17FN2O4. The number of carboxylic acid groups (broad SMARTS) is 1. The average Bonchev–Trinajstić information content (AvgIpc) is 2.57. The van der Waals surface area contributed by atoms with Gasteiger partial charge in [-0.25, -0.2) is 9.78 Å². The summed E-state index contributed by atoms with van der Waals surface area (Å²) in [6, 6.07) is 7.07. The molecule has 1 atom stereocenters. The highest BCUT2D eigenvalue weighted by atomic mass is 19.1. The molecule has 0 aliphatic heterocycles. The summed E-state index contributed by atoms with van der Waals surface area (Å²) in [7, 11) is 0. The smallest absolute Gasteiger partial charge is 0.405 e. The van der Waals surface area contributed by atoms with Crippen molar-refractivity contribution in [1.82, 2.24) is 10.3 Å². The van der Waals surface area contributed by atoms with Gasteiger partial charge in [-0.15, -0.1) is 0 Å². The van der Waals surface area contributed by atoms with Crippen molar-refractivity contribution in [2.24, 2.45) is 0 Å². The third-order valence-corrected chi connectivity index (χ3v) is 4.15. The Bertz CT molecular complexity index is 1080. The van der Waals surface area contributed by atoms with Crippen molar-refractivity contribution in [2.45, 2.75) is 26.8 Å². The van der Waals surface area contributed by atoms with Crippen LogP contribution in [0.5, 0.6) is 0 Å².